The number of halogens is 1. The SMILES string of the molecule is CCc1cc(C2CCN(C/C(N)=C/N(N)CC(O)CF)C(C)C2)c(CCO)s1. The molecule has 8 heteroatoms. The van der Waals surface area contributed by atoms with Crippen LogP contribution in [0.25, 0.3) is 0 Å². The summed E-state index contributed by atoms with van der Waals surface area (Å²) < 4.78 is 12.4. The first-order valence-electron chi connectivity index (χ1n) is 10.1. The molecule has 0 radical (unpaired) electrons. The Morgan fingerprint density at radius 2 is 2.29 bits per heavy atom. The Bertz CT molecular complexity index is 640. The molecule has 28 heavy (non-hydrogen) atoms. The first kappa shape index (κ1) is 23.1. The predicted octanol–water partition coefficient (Wildman–Crippen LogP) is 1.72. The highest BCUT2D eigenvalue weighted by Gasteiger charge is 2.28. The number of alkyl halides is 1. The van der Waals surface area contributed by atoms with E-state index in [2.05, 4.69) is 24.8 Å². The van der Waals surface area contributed by atoms with Crippen LogP contribution in [0.3, 0.4) is 0 Å². The first-order chi connectivity index (χ1) is 13.4. The van der Waals surface area contributed by atoms with E-state index in [4.69, 9.17) is 11.6 Å². The lowest BCUT2D eigenvalue weighted by Crippen LogP contribution is -2.43. The number of aliphatic hydroxyl groups excluding tert-OH is 2. The molecule has 0 spiro atoms. The summed E-state index contributed by atoms with van der Waals surface area (Å²) in [6, 6.07) is 2.71. The molecule has 0 aliphatic carbocycles. The third-order valence-corrected chi connectivity index (χ3v) is 6.71. The molecule has 0 bridgehead atoms. The lowest BCUT2D eigenvalue weighted by molar-refractivity contribution is 0.106. The lowest BCUT2D eigenvalue weighted by Gasteiger charge is -2.38. The number of piperidine rings is 1. The van der Waals surface area contributed by atoms with E-state index in [1.807, 2.05) is 11.3 Å². The Balaban J connectivity index is 1.95. The summed E-state index contributed by atoms with van der Waals surface area (Å²) >= 11 is 1.83. The highest BCUT2D eigenvalue weighted by Crippen LogP contribution is 2.37. The van der Waals surface area contributed by atoms with Crippen molar-refractivity contribution in [1.82, 2.24) is 9.91 Å². The van der Waals surface area contributed by atoms with Crippen LogP contribution < -0.4 is 11.6 Å². The number of aliphatic hydroxyl groups is 2. The topological polar surface area (TPSA) is 99.0 Å². The maximum Gasteiger partial charge on any atom is 0.117 e. The molecular formula is C20H35FN4O2S. The number of hydrazine groups is 1. The zero-order valence-electron chi connectivity index (χ0n) is 17.0. The predicted molar refractivity (Wildman–Crippen MR) is 113 cm³/mol. The lowest BCUT2D eigenvalue weighted by atomic mass is 9.85. The van der Waals surface area contributed by atoms with E-state index in [0.29, 0.717) is 24.2 Å². The summed E-state index contributed by atoms with van der Waals surface area (Å²) in [7, 11) is 0. The van der Waals surface area contributed by atoms with Crippen LogP contribution in [0.15, 0.2) is 18.0 Å². The largest absolute Gasteiger partial charge is 0.400 e. The molecule has 1 aromatic heterocycles. The van der Waals surface area contributed by atoms with Gasteiger partial charge >= 0.3 is 0 Å². The molecule has 0 saturated carbocycles. The summed E-state index contributed by atoms with van der Waals surface area (Å²) in [5, 5.41) is 20.0. The minimum absolute atomic E-state index is 0.0143. The van der Waals surface area contributed by atoms with Gasteiger partial charge in [0.1, 0.15) is 12.8 Å². The van der Waals surface area contributed by atoms with E-state index in [9.17, 15) is 14.6 Å². The van der Waals surface area contributed by atoms with Crippen molar-refractivity contribution in [3.63, 3.8) is 0 Å². The van der Waals surface area contributed by atoms with Gasteiger partial charge in [-0.2, -0.15) is 0 Å². The molecular weight excluding hydrogens is 379 g/mol. The standard InChI is InChI=1S/C20H35FN4O2S/c1-3-18-9-19(20(28-18)5-7-26)15-4-6-24(14(2)8-15)11-16(22)12-25(23)13-17(27)10-21/h9,12,14-15,17,26-27H,3-8,10-11,13,22-23H2,1-2H3/b16-12-. The van der Waals surface area contributed by atoms with Crippen LogP contribution in [-0.2, 0) is 12.8 Å². The van der Waals surface area contributed by atoms with Crippen molar-refractivity contribution < 1.29 is 14.6 Å². The Labute approximate surface area is 171 Å². The molecule has 160 valence electrons. The van der Waals surface area contributed by atoms with Gasteiger partial charge in [-0.1, -0.05) is 6.92 Å². The van der Waals surface area contributed by atoms with Crippen LogP contribution in [0, 0.1) is 0 Å². The van der Waals surface area contributed by atoms with E-state index in [-0.39, 0.29) is 13.2 Å². The summed E-state index contributed by atoms with van der Waals surface area (Å²) in [5.41, 5.74) is 8.13. The molecule has 3 atom stereocenters. The number of likely N-dealkylation sites (tertiary alicyclic amines) is 1. The van der Waals surface area contributed by atoms with Gasteiger partial charge < -0.3 is 21.0 Å². The van der Waals surface area contributed by atoms with Crippen molar-refractivity contribution in [2.75, 3.05) is 32.9 Å². The molecule has 2 rings (SSSR count). The van der Waals surface area contributed by atoms with Gasteiger partial charge in [0.2, 0.25) is 0 Å². The van der Waals surface area contributed by atoms with Gasteiger partial charge in [-0.3, -0.25) is 4.90 Å². The van der Waals surface area contributed by atoms with Gasteiger partial charge in [0.25, 0.3) is 0 Å². The van der Waals surface area contributed by atoms with E-state index < -0.39 is 12.8 Å². The Morgan fingerprint density at radius 1 is 1.54 bits per heavy atom. The van der Waals surface area contributed by atoms with Crippen molar-refractivity contribution >= 4 is 11.3 Å². The van der Waals surface area contributed by atoms with E-state index in [1.165, 1.54) is 20.3 Å². The zero-order valence-corrected chi connectivity index (χ0v) is 17.8. The molecule has 3 unspecified atom stereocenters. The average Bonchev–Trinajstić information content (AvgIpc) is 3.06. The highest BCUT2D eigenvalue weighted by atomic mass is 32.1. The van der Waals surface area contributed by atoms with Crippen molar-refractivity contribution in [2.45, 2.75) is 57.6 Å². The fourth-order valence-electron chi connectivity index (χ4n) is 3.89. The molecule has 6 N–H and O–H groups in total. The maximum absolute atomic E-state index is 12.4. The van der Waals surface area contributed by atoms with Gasteiger partial charge in [0.05, 0.1) is 6.54 Å². The minimum Gasteiger partial charge on any atom is -0.400 e. The second kappa shape index (κ2) is 11.1. The Hall–Kier alpha value is -1.19. The van der Waals surface area contributed by atoms with E-state index >= 15 is 0 Å². The molecule has 1 saturated heterocycles. The van der Waals surface area contributed by atoms with E-state index in [0.717, 1.165) is 32.2 Å². The van der Waals surface area contributed by atoms with Crippen molar-refractivity contribution in [1.29, 1.82) is 0 Å². The van der Waals surface area contributed by atoms with Crippen LogP contribution >= 0.6 is 11.3 Å². The van der Waals surface area contributed by atoms with Crippen molar-refractivity contribution in [3.05, 3.63) is 33.3 Å². The summed E-state index contributed by atoms with van der Waals surface area (Å²) in [5.74, 6) is 6.28. The number of aryl methyl sites for hydroxylation is 1. The molecule has 2 heterocycles. The highest BCUT2D eigenvalue weighted by molar-refractivity contribution is 7.12. The molecule has 0 amide bonds. The molecule has 0 aromatic carbocycles. The number of hydrogen-bond donors (Lipinski definition) is 4. The number of rotatable bonds is 10. The third kappa shape index (κ3) is 6.42. The van der Waals surface area contributed by atoms with Gasteiger partial charge in [-0.05, 0) is 50.3 Å². The number of nitrogens with two attached hydrogens (primary N) is 2. The Kier molecular flexibility index (Phi) is 9.17. The van der Waals surface area contributed by atoms with Crippen LogP contribution in [0.5, 0.6) is 0 Å². The van der Waals surface area contributed by atoms with Gasteiger partial charge in [-0.25, -0.2) is 10.2 Å². The van der Waals surface area contributed by atoms with Crippen molar-refractivity contribution in [2.24, 2.45) is 11.6 Å². The number of hydrogen-bond acceptors (Lipinski definition) is 7. The molecule has 1 aromatic rings. The average molecular weight is 415 g/mol. The van der Waals surface area contributed by atoms with Crippen LogP contribution in [0.2, 0.25) is 0 Å². The minimum atomic E-state index is -1.10. The molecule has 1 fully saturated rings. The zero-order chi connectivity index (χ0) is 20.7. The van der Waals surface area contributed by atoms with Crippen LogP contribution in [0.1, 0.15) is 47.9 Å². The summed E-state index contributed by atoms with van der Waals surface area (Å²) in [4.78, 5) is 5.05. The second-order valence-corrected chi connectivity index (χ2v) is 8.89. The fraction of sp³-hybridized carbons (Fsp3) is 0.700. The maximum atomic E-state index is 12.4. The van der Waals surface area contributed by atoms with Crippen LogP contribution in [-0.4, -0.2) is 65.2 Å². The van der Waals surface area contributed by atoms with E-state index in [1.54, 1.807) is 6.20 Å². The molecule has 1 aliphatic rings. The third-order valence-electron chi connectivity index (χ3n) is 5.35. The van der Waals surface area contributed by atoms with Crippen molar-refractivity contribution in [3.8, 4) is 0 Å². The Morgan fingerprint density at radius 3 is 2.89 bits per heavy atom. The normalized spacial score (nSPS) is 22.4. The summed E-state index contributed by atoms with van der Waals surface area (Å²) in [6.07, 6.45) is 4.35. The molecule has 1 aliphatic heterocycles. The van der Waals surface area contributed by atoms with Gasteiger partial charge in [-0.15, -0.1) is 11.3 Å². The number of thiophene rings is 1. The monoisotopic (exact) mass is 414 g/mol. The summed E-state index contributed by atoms with van der Waals surface area (Å²) in [6.45, 7) is 5.30. The van der Waals surface area contributed by atoms with Crippen LogP contribution in [0.4, 0.5) is 4.39 Å². The smallest absolute Gasteiger partial charge is 0.117 e. The number of nitrogens with zero attached hydrogens (tertiary/aromatic N) is 2. The second-order valence-electron chi connectivity index (χ2n) is 7.67. The fourth-order valence-corrected chi connectivity index (χ4v) is 5.07. The first-order valence-corrected chi connectivity index (χ1v) is 10.9. The quantitative estimate of drug-likeness (QED) is 0.344. The molecule has 6 nitrogen and oxygen atoms in total. The van der Waals surface area contributed by atoms with Gasteiger partial charge in [0.15, 0.2) is 0 Å². The van der Waals surface area contributed by atoms with Gasteiger partial charge in [0, 0.05) is 47.3 Å².